The van der Waals surface area contributed by atoms with E-state index < -0.39 is 6.10 Å². The van der Waals surface area contributed by atoms with Crippen LogP contribution < -0.4 is 0 Å². The van der Waals surface area contributed by atoms with Gasteiger partial charge in [0.05, 0.1) is 6.61 Å². The van der Waals surface area contributed by atoms with Crippen LogP contribution in [0.3, 0.4) is 0 Å². The maximum Gasteiger partial charge on any atom is 0.306 e. The maximum absolute atomic E-state index is 12.0. The molecule has 5 heteroatoms. The number of carbonyl (C=O) groups excluding carboxylic acids is 2. The van der Waals surface area contributed by atoms with Crippen molar-refractivity contribution in [3.05, 3.63) is 24.3 Å². The molecule has 0 aliphatic rings. The molecule has 0 bridgehead atoms. The van der Waals surface area contributed by atoms with Crippen LogP contribution in [0.25, 0.3) is 0 Å². The number of aliphatic hydroxyl groups is 1. The number of ether oxygens (including phenoxy) is 2. The third-order valence-electron chi connectivity index (χ3n) is 6.23. The van der Waals surface area contributed by atoms with Gasteiger partial charge in [-0.1, -0.05) is 115 Å². The molecule has 0 aromatic heterocycles. The zero-order valence-electron chi connectivity index (χ0n) is 23.5. The molecule has 210 valence electrons. The molecule has 0 radical (unpaired) electrons. The molecule has 0 heterocycles. The van der Waals surface area contributed by atoms with Crippen LogP contribution >= 0.6 is 0 Å². The van der Waals surface area contributed by atoms with Crippen LogP contribution in [-0.4, -0.2) is 36.4 Å². The first-order chi connectivity index (χ1) is 17.6. The van der Waals surface area contributed by atoms with Crippen molar-refractivity contribution in [3.63, 3.8) is 0 Å². The van der Waals surface area contributed by atoms with Gasteiger partial charge < -0.3 is 14.6 Å². The summed E-state index contributed by atoms with van der Waals surface area (Å²) in [6.45, 7) is 4.01. The lowest BCUT2D eigenvalue weighted by molar-refractivity contribution is -0.161. The Labute approximate surface area is 222 Å². The molecule has 0 aromatic carbocycles. The molecule has 1 atom stereocenters. The van der Waals surface area contributed by atoms with E-state index in [1.54, 1.807) is 0 Å². The second-order valence-corrected chi connectivity index (χ2v) is 9.83. The summed E-state index contributed by atoms with van der Waals surface area (Å²) < 4.78 is 10.5. The second-order valence-electron chi connectivity index (χ2n) is 9.83. The average molecular weight is 509 g/mol. The first-order valence-corrected chi connectivity index (χ1v) is 14.9. The van der Waals surface area contributed by atoms with E-state index in [2.05, 4.69) is 38.2 Å². The molecule has 0 spiro atoms. The minimum Gasteiger partial charge on any atom is -0.462 e. The Morgan fingerprint density at radius 2 is 1.17 bits per heavy atom. The fraction of sp³-hybridized carbons (Fsp3) is 0.806. The van der Waals surface area contributed by atoms with Crippen LogP contribution in [0.1, 0.15) is 142 Å². The first kappa shape index (κ1) is 34.4. The van der Waals surface area contributed by atoms with Crippen molar-refractivity contribution in [3.8, 4) is 0 Å². The number of allylic oxidation sites excluding steroid dienone is 4. The van der Waals surface area contributed by atoms with Crippen LogP contribution in [0.4, 0.5) is 0 Å². The van der Waals surface area contributed by atoms with Gasteiger partial charge in [-0.25, -0.2) is 0 Å². The molecule has 1 N–H and O–H groups in total. The molecule has 36 heavy (non-hydrogen) atoms. The molecule has 0 aliphatic heterocycles. The van der Waals surface area contributed by atoms with Crippen molar-refractivity contribution in [1.82, 2.24) is 0 Å². The summed E-state index contributed by atoms with van der Waals surface area (Å²) in [5, 5.41) is 9.44. The van der Waals surface area contributed by atoms with E-state index >= 15 is 0 Å². The number of aliphatic hydroxyl groups excluding tert-OH is 1. The van der Waals surface area contributed by atoms with E-state index in [9.17, 15) is 14.7 Å². The lowest BCUT2D eigenvalue weighted by Crippen LogP contribution is -2.28. The molecule has 0 aliphatic carbocycles. The van der Waals surface area contributed by atoms with Crippen LogP contribution in [0.5, 0.6) is 0 Å². The number of hydrogen-bond acceptors (Lipinski definition) is 5. The molecule has 0 aromatic rings. The standard InChI is InChI=1S/C31H56O5/c1-3-5-7-9-11-13-14-15-16-18-20-22-24-26-31(34)36-29(27-32)28-35-30(33)25-23-21-19-17-12-10-8-6-4-2/h7,9,13-14,29,32H,3-6,8,10-12,15-28H2,1-2H3/b9-7-,14-13-. The van der Waals surface area contributed by atoms with Crippen LogP contribution in [0, 0.1) is 0 Å². The number of carbonyl (C=O) groups is 2. The first-order valence-electron chi connectivity index (χ1n) is 14.9. The van der Waals surface area contributed by atoms with Gasteiger partial charge in [0.25, 0.3) is 0 Å². The van der Waals surface area contributed by atoms with E-state index in [0.29, 0.717) is 12.8 Å². The third-order valence-corrected chi connectivity index (χ3v) is 6.23. The van der Waals surface area contributed by atoms with E-state index in [1.165, 1.54) is 57.8 Å². The van der Waals surface area contributed by atoms with Crippen molar-refractivity contribution in [2.24, 2.45) is 0 Å². The van der Waals surface area contributed by atoms with Crippen molar-refractivity contribution in [2.75, 3.05) is 13.2 Å². The highest BCUT2D eigenvalue weighted by Crippen LogP contribution is 2.12. The van der Waals surface area contributed by atoms with Gasteiger partial charge in [-0.15, -0.1) is 0 Å². The predicted molar refractivity (Wildman–Crippen MR) is 150 cm³/mol. The highest BCUT2D eigenvalue weighted by molar-refractivity contribution is 5.70. The Morgan fingerprint density at radius 3 is 1.75 bits per heavy atom. The van der Waals surface area contributed by atoms with Crippen LogP contribution in [0.15, 0.2) is 24.3 Å². The van der Waals surface area contributed by atoms with E-state index in [4.69, 9.17) is 9.47 Å². The molecule has 0 rings (SSSR count). The van der Waals surface area contributed by atoms with Gasteiger partial charge >= 0.3 is 11.9 Å². The number of unbranched alkanes of at least 4 members (excludes halogenated alkanes) is 14. The largest absolute Gasteiger partial charge is 0.462 e. The maximum atomic E-state index is 12.0. The van der Waals surface area contributed by atoms with Gasteiger partial charge in [-0.05, 0) is 38.5 Å². The van der Waals surface area contributed by atoms with Gasteiger partial charge in [-0.3, -0.25) is 9.59 Å². The topological polar surface area (TPSA) is 72.8 Å². The van der Waals surface area contributed by atoms with Gasteiger partial charge in [0, 0.05) is 12.8 Å². The highest BCUT2D eigenvalue weighted by atomic mass is 16.6. The fourth-order valence-electron chi connectivity index (χ4n) is 3.94. The van der Waals surface area contributed by atoms with Gasteiger partial charge in [0.1, 0.15) is 6.61 Å². The van der Waals surface area contributed by atoms with Crippen molar-refractivity contribution in [1.29, 1.82) is 0 Å². The Morgan fingerprint density at radius 1 is 0.639 bits per heavy atom. The Balaban J connectivity index is 3.64. The quantitative estimate of drug-likeness (QED) is 0.0721. The normalized spacial score (nSPS) is 12.4. The number of esters is 2. The summed E-state index contributed by atoms with van der Waals surface area (Å²) in [7, 11) is 0. The molecule has 0 amide bonds. The van der Waals surface area contributed by atoms with Crippen LogP contribution in [-0.2, 0) is 19.1 Å². The molecule has 1 unspecified atom stereocenters. The molecule has 0 saturated carbocycles. The molecule has 0 fully saturated rings. The monoisotopic (exact) mass is 508 g/mol. The smallest absolute Gasteiger partial charge is 0.306 e. The summed E-state index contributed by atoms with van der Waals surface area (Å²) in [6, 6.07) is 0. The molecule has 5 nitrogen and oxygen atoms in total. The van der Waals surface area contributed by atoms with Crippen molar-refractivity contribution >= 4 is 11.9 Å². The lowest BCUT2D eigenvalue weighted by atomic mass is 10.1. The average Bonchev–Trinajstić information content (AvgIpc) is 2.88. The zero-order chi connectivity index (χ0) is 26.5. The highest BCUT2D eigenvalue weighted by Gasteiger charge is 2.16. The third kappa shape index (κ3) is 25.5. The molecular formula is C31H56O5. The summed E-state index contributed by atoms with van der Waals surface area (Å²) >= 11 is 0. The van der Waals surface area contributed by atoms with Crippen LogP contribution in [0.2, 0.25) is 0 Å². The molecule has 0 saturated heterocycles. The minimum absolute atomic E-state index is 0.0690. The van der Waals surface area contributed by atoms with E-state index in [-0.39, 0.29) is 25.2 Å². The van der Waals surface area contributed by atoms with Gasteiger partial charge in [0.15, 0.2) is 6.10 Å². The second kappa shape index (κ2) is 28.0. The Bertz CT molecular complexity index is 555. The Kier molecular flexibility index (Phi) is 26.7. The van der Waals surface area contributed by atoms with E-state index in [1.807, 2.05) is 0 Å². The van der Waals surface area contributed by atoms with E-state index in [0.717, 1.165) is 57.8 Å². The SMILES string of the molecule is CCC/C=C\C/C=C\CCCCCCCC(=O)OC(CO)COC(=O)CCCCCCCCCCC. The summed E-state index contributed by atoms with van der Waals surface area (Å²) in [5.74, 6) is -0.613. The van der Waals surface area contributed by atoms with Crippen molar-refractivity contribution < 1.29 is 24.2 Å². The minimum atomic E-state index is -0.770. The van der Waals surface area contributed by atoms with Gasteiger partial charge in [-0.2, -0.15) is 0 Å². The van der Waals surface area contributed by atoms with Crippen molar-refractivity contribution in [2.45, 2.75) is 148 Å². The lowest BCUT2D eigenvalue weighted by Gasteiger charge is -2.15. The Hall–Kier alpha value is -1.62. The summed E-state index contributed by atoms with van der Waals surface area (Å²) in [5.41, 5.74) is 0. The van der Waals surface area contributed by atoms with Gasteiger partial charge in [0.2, 0.25) is 0 Å². The fourth-order valence-corrected chi connectivity index (χ4v) is 3.94. The number of rotatable bonds is 26. The number of hydrogen-bond donors (Lipinski definition) is 1. The molecular weight excluding hydrogens is 452 g/mol. The summed E-state index contributed by atoms with van der Waals surface area (Å²) in [4.78, 5) is 23.9. The summed E-state index contributed by atoms with van der Waals surface area (Å²) in [6.07, 6.45) is 29.4. The zero-order valence-corrected chi connectivity index (χ0v) is 23.5. The predicted octanol–water partition coefficient (Wildman–Crippen LogP) is 8.39.